The molecular weight excluding hydrogens is 402 g/mol. The van der Waals surface area contributed by atoms with E-state index in [0.29, 0.717) is 21.1 Å². The van der Waals surface area contributed by atoms with Gasteiger partial charge in [-0.05, 0) is 36.8 Å². The van der Waals surface area contributed by atoms with Gasteiger partial charge in [0.1, 0.15) is 0 Å². The van der Waals surface area contributed by atoms with Crippen molar-refractivity contribution in [3.63, 3.8) is 0 Å². The van der Waals surface area contributed by atoms with Crippen molar-refractivity contribution in [2.75, 3.05) is 13.2 Å². The van der Waals surface area contributed by atoms with E-state index >= 15 is 0 Å². The molecule has 0 fully saturated rings. The highest BCUT2D eigenvalue weighted by atomic mass is 35.5. The van der Waals surface area contributed by atoms with E-state index in [4.69, 9.17) is 26.2 Å². The lowest BCUT2D eigenvalue weighted by Crippen LogP contribution is -2.32. The highest BCUT2D eigenvalue weighted by Gasteiger charge is 2.14. The summed E-state index contributed by atoms with van der Waals surface area (Å²) in [6, 6.07) is 9.55. The molecular formula is C19H16ClN3O6. The van der Waals surface area contributed by atoms with E-state index in [1.54, 1.807) is 31.2 Å². The SMILES string of the molecule is CCOc1cc(C=Nn2c(=O)[nH]c3ccccc3c2=O)cc(Cl)c1OCC(=O)O. The molecule has 150 valence electrons. The molecule has 0 amide bonds. The van der Waals surface area contributed by atoms with Crippen molar-refractivity contribution in [2.45, 2.75) is 6.92 Å². The minimum atomic E-state index is -1.16. The molecule has 10 heteroatoms. The van der Waals surface area contributed by atoms with Crippen molar-refractivity contribution in [2.24, 2.45) is 5.10 Å². The van der Waals surface area contributed by atoms with Crippen LogP contribution in [0, 0.1) is 0 Å². The standard InChI is InChI=1S/C19H16ClN3O6/c1-2-28-15-8-11(7-13(20)17(15)29-10-16(24)25)9-21-23-18(26)12-5-3-4-6-14(12)22-19(23)27/h3-9H,2,10H2,1H3,(H,22,27)(H,24,25). The van der Waals surface area contributed by atoms with Gasteiger partial charge in [0.05, 0.1) is 28.7 Å². The summed E-state index contributed by atoms with van der Waals surface area (Å²) in [6.07, 6.45) is 1.26. The van der Waals surface area contributed by atoms with Gasteiger partial charge >= 0.3 is 11.7 Å². The summed E-state index contributed by atoms with van der Waals surface area (Å²) in [5.74, 6) is -0.875. The van der Waals surface area contributed by atoms with E-state index in [0.717, 1.165) is 0 Å². The molecule has 0 aliphatic heterocycles. The molecule has 0 saturated heterocycles. The van der Waals surface area contributed by atoms with E-state index in [1.165, 1.54) is 18.3 Å². The average molecular weight is 418 g/mol. The van der Waals surface area contributed by atoms with Crippen molar-refractivity contribution >= 4 is 34.7 Å². The number of ether oxygens (including phenoxy) is 2. The second kappa shape index (κ2) is 8.61. The average Bonchev–Trinajstić information content (AvgIpc) is 2.67. The predicted molar refractivity (Wildman–Crippen MR) is 108 cm³/mol. The largest absolute Gasteiger partial charge is 0.490 e. The first kappa shape index (κ1) is 20.2. The van der Waals surface area contributed by atoms with Crippen LogP contribution in [-0.4, -0.2) is 40.2 Å². The Morgan fingerprint density at radius 1 is 1.28 bits per heavy atom. The Bertz CT molecular complexity index is 1210. The van der Waals surface area contributed by atoms with Gasteiger partial charge in [-0.25, -0.2) is 9.59 Å². The van der Waals surface area contributed by atoms with E-state index < -0.39 is 23.8 Å². The maximum Gasteiger partial charge on any atom is 0.349 e. The first-order valence-electron chi connectivity index (χ1n) is 8.50. The number of aliphatic carboxylic acids is 1. The lowest BCUT2D eigenvalue weighted by Gasteiger charge is -2.13. The molecule has 0 radical (unpaired) electrons. The summed E-state index contributed by atoms with van der Waals surface area (Å²) in [7, 11) is 0. The summed E-state index contributed by atoms with van der Waals surface area (Å²) >= 11 is 6.18. The molecule has 3 aromatic rings. The Balaban J connectivity index is 2.01. The van der Waals surface area contributed by atoms with E-state index in [1.807, 2.05) is 0 Å². The molecule has 0 saturated carbocycles. The normalized spacial score (nSPS) is 11.1. The monoisotopic (exact) mass is 417 g/mol. The fourth-order valence-corrected chi connectivity index (χ4v) is 2.86. The number of carboxylic acids is 1. The van der Waals surface area contributed by atoms with Crippen molar-refractivity contribution in [3.8, 4) is 11.5 Å². The second-order valence-corrected chi connectivity index (χ2v) is 6.19. The summed E-state index contributed by atoms with van der Waals surface area (Å²) in [6.45, 7) is 1.43. The number of hydrogen-bond acceptors (Lipinski definition) is 6. The van der Waals surface area contributed by atoms with Crippen LogP contribution in [0.2, 0.25) is 5.02 Å². The smallest absolute Gasteiger partial charge is 0.349 e. The van der Waals surface area contributed by atoms with Crippen LogP contribution < -0.4 is 20.7 Å². The van der Waals surface area contributed by atoms with Crippen molar-refractivity contribution in [3.05, 3.63) is 67.8 Å². The number of nitrogens with one attached hydrogen (secondary N) is 1. The number of hydrogen-bond donors (Lipinski definition) is 2. The molecule has 2 N–H and O–H groups in total. The third-order valence-corrected chi connectivity index (χ3v) is 4.06. The molecule has 0 unspecified atom stereocenters. The van der Waals surface area contributed by atoms with Crippen LogP contribution in [0.3, 0.4) is 0 Å². The van der Waals surface area contributed by atoms with Gasteiger partial charge in [0.25, 0.3) is 5.56 Å². The Labute approximate surface area is 168 Å². The van der Waals surface area contributed by atoms with Crippen LogP contribution in [0.25, 0.3) is 10.9 Å². The number of aromatic nitrogens is 2. The summed E-state index contributed by atoms with van der Waals surface area (Å²) in [5, 5.41) is 13.2. The molecule has 0 aliphatic rings. The maximum atomic E-state index is 12.5. The molecule has 1 aromatic heterocycles. The van der Waals surface area contributed by atoms with Crippen molar-refractivity contribution < 1.29 is 19.4 Å². The zero-order valence-electron chi connectivity index (χ0n) is 15.2. The first-order chi connectivity index (χ1) is 13.9. The molecule has 29 heavy (non-hydrogen) atoms. The highest BCUT2D eigenvalue weighted by Crippen LogP contribution is 2.36. The number of fused-ring (bicyclic) bond motifs is 1. The molecule has 1 heterocycles. The van der Waals surface area contributed by atoms with Crippen LogP contribution >= 0.6 is 11.6 Å². The number of nitrogens with zero attached hydrogens (tertiary/aromatic N) is 2. The van der Waals surface area contributed by atoms with Gasteiger partial charge in [-0.3, -0.25) is 4.79 Å². The minimum Gasteiger partial charge on any atom is -0.490 e. The van der Waals surface area contributed by atoms with Crippen molar-refractivity contribution in [1.82, 2.24) is 9.66 Å². The Hall–Kier alpha value is -3.59. The van der Waals surface area contributed by atoms with Crippen LogP contribution in [-0.2, 0) is 4.79 Å². The molecule has 0 bridgehead atoms. The third-order valence-electron chi connectivity index (χ3n) is 3.78. The molecule has 0 spiro atoms. The van der Waals surface area contributed by atoms with Crippen LogP contribution in [0.1, 0.15) is 12.5 Å². The third kappa shape index (κ3) is 4.46. The molecule has 9 nitrogen and oxygen atoms in total. The first-order valence-corrected chi connectivity index (χ1v) is 8.88. The van der Waals surface area contributed by atoms with Gasteiger partial charge in [-0.2, -0.15) is 5.10 Å². The number of aromatic amines is 1. The lowest BCUT2D eigenvalue weighted by molar-refractivity contribution is -0.139. The van der Waals surface area contributed by atoms with E-state index in [2.05, 4.69) is 10.1 Å². The molecule has 0 atom stereocenters. The number of rotatable bonds is 7. The van der Waals surface area contributed by atoms with E-state index in [9.17, 15) is 14.4 Å². The summed E-state index contributed by atoms with van der Waals surface area (Å²) in [4.78, 5) is 38.0. The van der Waals surface area contributed by atoms with Crippen LogP contribution in [0.15, 0.2) is 51.1 Å². The van der Waals surface area contributed by atoms with Gasteiger partial charge in [0.15, 0.2) is 18.1 Å². The summed E-state index contributed by atoms with van der Waals surface area (Å²) in [5.41, 5.74) is -0.434. The molecule has 0 aliphatic carbocycles. The van der Waals surface area contributed by atoms with Gasteiger partial charge in [0, 0.05) is 0 Å². The molecule has 3 rings (SSSR count). The fourth-order valence-electron chi connectivity index (χ4n) is 2.58. The fraction of sp³-hybridized carbons (Fsp3) is 0.158. The number of H-pyrrole nitrogens is 1. The lowest BCUT2D eigenvalue weighted by atomic mass is 10.2. The number of carboxylic acid groups (broad SMARTS) is 1. The van der Waals surface area contributed by atoms with Crippen LogP contribution in [0.5, 0.6) is 11.5 Å². The predicted octanol–water partition coefficient (Wildman–Crippen LogP) is 2.09. The van der Waals surface area contributed by atoms with Gasteiger partial charge in [-0.1, -0.05) is 23.7 Å². The van der Waals surface area contributed by atoms with Crippen LogP contribution in [0.4, 0.5) is 0 Å². The summed E-state index contributed by atoms with van der Waals surface area (Å²) < 4.78 is 11.3. The topological polar surface area (TPSA) is 123 Å². The van der Waals surface area contributed by atoms with Gasteiger partial charge < -0.3 is 19.6 Å². The molecule has 2 aromatic carbocycles. The van der Waals surface area contributed by atoms with Crippen molar-refractivity contribution in [1.29, 1.82) is 0 Å². The van der Waals surface area contributed by atoms with Gasteiger partial charge in [-0.15, -0.1) is 4.68 Å². The number of benzene rings is 2. The number of carbonyl (C=O) groups is 1. The van der Waals surface area contributed by atoms with Gasteiger partial charge in [0.2, 0.25) is 0 Å². The minimum absolute atomic E-state index is 0.0776. The zero-order valence-corrected chi connectivity index (χ0v) is 16.0. The zero-order chi connectivity index (χ0) is 21.0. The Kier molecular flexibility index (Phi) is 5.99. The maximum absolute atomic E-state index is 12.5. The second-order valence-electron chi connectivity index (χ2n) is 5.78. The highest BCUT2D eigenvalue weighted by molar-refractivity contribution is 6.32. The Morgan fingerprint density at radius 2 is 2.03 bits per heavy atom. The van der Waals surface area contributed by atoms with E-state index in [-0.39, 0.29) is 23.1 Å². The quantitative estimate of drug-likeness (QED) is 0.567. The Morgan fingerprint density at radius 3 is 2.76 bits per heavy atom. The number of halogens is 1. The number of para-hydroxylation sites is 1.